The van der Waals surface area contributed by atoms with E-state index in [1.165, 1.54) is 30.0 Å². The molecule has 0 aromatic heterocycles. The third-order valence-electron chi connectivity index (χ3n) is 3.26. The molecule has 0 aliphatic heterocycles. The minimum Gasteiger partial charge on any atom is -0.298 e. The smallest absolute Gasteiger partial charge is 0.298 e. The third-order valence-corrected chi connectivity index (χ3v) is 4.48. The lowest BCUT2D eigenvalue weighted by atomic mass is 10.2. The molecule has 0 saturated heterocycles. The number of hydrogen-bond acceptors (Lipinski definition) is 3. The van der Waals surface area contributed by atoms with Crippen LogP contribution in [0.5, 0.6) is 0 Å². The van der Waals surface area contributed by atoms with Gasteiger partial charge in [0.1, 0.15) is 0 Å². The first-order valence-corrected chi connectivity index (χ1v) is 8.30. The first-order valence-electron chi connectivity index (χ1n) is 7.25. The molecule has 3 nitrogen and oxygen atoms in total. The van der Waals surface area contributed by atoms with E-state index in [9.17, 15) is 18.0 Å². The fourth-order valence-corrected chi connectivity index (χ4v) is 2.79. The molecule has 0 saturated carbocycles. The van der Waals surface area contributed by atoms with Gasteiger partial charge >= 0.3 is 6.18 Å². The van der Waals surface area contributed by atoms with E-state index in [2.05, 4.69) is 10.9 Å². The van der Waals surface area contributed by atoms with Crippen LogP contribution in [0.2, 0.25) is 0 Å². The lowest BCUT2D eigenvalue weighted by Gasteiger charge is -2.17. The van der Waals surface area contributed by atoms with Crippen molar-refractivity contribution >= 4 is 23.4 Å². The number of alkyl halides is 3. The molecule has 2 N–H and O–H groups in total. The molecule has 0 bridgehead atoms. The highest BCUT2D eigenvalue weighted by atomic mass is 32.2. The number of benzene rings is 2. The second-order valence-electron chi connectivity index (χ2n) is 5.10. The van der Waals surface area contributed by atoms with Crippen LogP contribution in [0.3, 0.4) is 0 Å². The summed E-state index contributed by atoms with van der Waals surface area (Å²) < 4.78 is 38.6. The minimum atomic E-state index is -4.48. The van der Waals surface area contributed by atoms with Crippen molar-refractivity contribution in [3.8, 4) is 0 Å². The average molecular weight is 354 g/mol. The molecule has 1 amide bonds. The zero-order valence-electron chi connectivity index (χ0n) is 12.9. The van der Waals surface area contributed by atoms with Crippen molar-refractivity contribution in [3.05, 3.63) is 65.7 Å². The van der Waals surface area contributed by atoms with Gasteiger partial charge in [0.15, 0.2) is 0 Å². The molecule has 1 atom stereocenters. The molecule has 0 heterocycles. The van der Waals surface area contributed by atoms with E-state index in [0.29, 0.717) is 5.75 Å². The molecular formula is C17H17F3N2OS. The highest BCUT2D eigenvalue weighted by molar-refractivity contribution is 7.99. The van der Waals surface area contributed by atoms with Gasteiger partial charge in [0.25, 0.3) is 5.91 Å². The number of hydrazine groups is 1. The van der Waals surface area contributed by atoms with E-state index in [-0.39, 0.29) is 11.6 Å². The molecule has 128 valence electrons. The van der Waals surface area contributed by atoms with Crippen LogP contribution in [0.4, 0.5) is 18.9 Å². The van der Waals surface area contributed by atoms with Gasteiger partial charge in [-0.05, 0) is 24.6 Å². The molecule has 2 aromatic rings. The summed E-state index contributed by atoms with van der Waals surface area (Å²) in [4.78, 5) is 12.0. The molecule has 2 aromatic carbocycles. The Morgan fingerprint density at radius 3 is 2.38 bits per heavy atom. The molecule has 0 spiro atoms. The highest BCUT2D eigenvalue weighted by Gasteiger charge is 2.33. The first-order chi connectivity index (χ1) is 11.4. The maximum Gasteiger partial charge on any atom is 0.418 e. The van der Waals surface area contributed by atoms with Gasteiger partial charge in [-0.2, -0.15) is 13.2 Å². The number of carbonyl (C=O) groups is 1. The molecule has 0 fully saturated rings. The summed E-state index contributed by atoms with van der Waals surface area (Å²) in [7, 11) is 0. The topological polar surface area (TPSA) is 41.1 Å². The zero-order chi connectivity index (χ0) is 17.6. The summed E-state index contributed by atoms with van der Waals surface area (Å²) in [5.74, 6) is 0.266. The molecule has 1 unspecified atom stereocenters. The fraction of sp³-hybridized carbons (Fsp3) is 0.235. The Kier molecular flexibility index (Phi) is 6.14. The number of thioether (sulfide) groups is 1. The average Bonchev–Trinajstić information content (AvgIpc) is 2.58. The van der Waals surface area contributed by atoms with Gasteiger partial charge in [0.2, 0.25) is 0 Å². The Hall–Kier alpha value is -2.15. The van der Waals surface area contributed by atoms with E-state index >= 15 is 0 Å². The summed E-state index contributed by atoms with van der Waals surface area (Å²) in [6.45, 7) is 1.71. The van der Waals surface area contributed by atoms with Crippen LogP contribution in [0.15, 0.2) is 54.6 Å². The number of carbonyl (C=O) groups excluding carboxylic acids is 1. The number of anilines is 1. The summed E-state index contributed by atoms with van der Waals surface area (Å²) in [5, 5.41) is -0.407. The van der Waals surface area contributed by atoms with Gasteiger partial charge in [-0.25, -0.2) is 0 Å². The monoisotopic (exact) mass is 354 g/mol. The lowest BCUT2D eigenvalue weighted by molar-refractivity contribution is -0.137. The summed E-state index contributed by atoms with van der Waals surface area (Å²) in [6, 6.07) is 14.6. The normalized spacial score (nSPS) is 12.5. The van der Waals surface area contributed by atoms with Crippen LogP contribution >= 0.6 is 11.8 Å². The van der Waals surface area contributed by atoms with Gasteiger partial charge < -0.3 is 0 Å². The van der Waals surface area contributed by atoms with E-state index in [1.54, 1.807) is 6.92 Å². The van der Waals surface area contributed by atoms with Gasteiger partial charge in [-0.3, -0.25) is 15.6 Å². The fourth-order valence-electron chi connectivity index (χ4n) is 1.94. The van der Waals surface area contributed by atoms with Crippen LogP contribution < -0.4 is 10.9 Å². The number of rotatable bonds is 6. The Balaban J connectivity index is 1.89. The SMILES string of the molecule is CC(SCc1ccccc1)C(=O)NNc1ccccc1C(F)(F)F. The standard InChI is InChI=1S/C17H17F3N2OS/c1-12(24-11-13-7-3-2-4-8-13)16(23)22-21-15-10-6-5-9-14(15)17(18,19)20/h2-10,12,21H,11H2,1H3,(H,22,23). The van der Waals surface area contributed by atoms with E-state index in [0.717, 1.165) is 11.6 Å². The Morgan fingerprint density at radius 1 is 1.08 bits per heavy atom. The summed E-state index contributed by atoms with van der Waals surface area (Å²) >= 11 is 1.41. The van der Waals surface area contributed by atoms with Gasteiger partial charge in [0.05, 0.1) is 16.5 Å². The molecule has 2 rings (SSSR count). The lowest BCUT2D eigenvalue weighted by Crippen LogP contribution is -2.36. The largest absolute Gasteiger partial charge is 0.418 e. The number of halogens is 3. The Labute approximate surface area is 142 Å². The number of para-hydroxylation sites is 1. The summed E-state index contributed by atoms with van der Waals surface area (Å²) in [6.07, 6.45) is -4.48. The maximum absolute atomic E-state index is 12.9. The Morgan fingerprint density at radius 2 is 1.71 bits per heavy atom. The highest BCUT2D eigenvalue weighted by Crippen LogP contribution is 2.34. The van der Waals surface area contributed by atoms with Crippen LogP contribution in [0, 0.1) is 0 Å². The van der Waals surface area contributed by atoms with Crippen molar-refractivity contribution in [2.24, 2.45) is 0 Å². The molecule has 0 radical (unpaired) electrons. The number of amides is 1. The zero-order valence-corrected chi connectivity index (χ0v) is 13.7. The van der Waals surface area contributed by atoms with Crippen LogP contribution in [0.25, 0.3) is 0 Å². The van der Waals surface area contributed by atoms with Gasteiger partial charge in [0, 0.05) is 5.75 Å². The van der Waals surface area contributed by atoms with E-state index < -0.39 is 17.0 Å². The predicted molar refractivity (Wildman–Crippen MR) is 90.4 cm³/mol. The summed E-state index contributed by atoms with van der Waals surface area (Å²) in [5.41, 5.74) is 4.78. The number of nitrogens with one attached hydrogen (secondary N) is 2. The quantitative estimate of drug-likeness (QED) is 0.752. The second-order valence-corrected chi connectivity index (χ2v) is 6.43. The van der Waals surface area contributed by atoms with Crippen molar-refractivity contribution in [1.82, 2.24) is 5.43 Å². The minimum absolute atomic E-state index is 0.182. The molecule has 0 aliphatic rings. The Bertz CT molecular complexity index is 677. The molecule has 24 heavy (non-hydrogen) atoms. The predicted octanol–water partition coefficient (Wildman–Crippen LogP) is 4.47. The van der Waals surface area contributed by atoms with Crippen LogP contribution in [-0.2, 0) is 16.7 Å². The van der Waals surface area contributed by atoms with Crippen molar-refractivity contribution in [3.63, 3.8) is 0 Å². The van der Waals surface area contributed by atoms with Crippen molar-refractivity contribution in [1.29, 1.82) is 0 Å². The van der Waals surface area contributed by atoms with Crippen molar-refractivity contribution in [2.45, 2.75) is 24.1 Å². The van der Waals surface area contributed by atoms with Gasteiger partial charge in [-0.15, -0.1) is 11.8 Å². The van der Waals surface area contributed by atoms with Crippen LogP contribution in [-0.4, -0.2) is 11.2 Å². The van der Waals surface area contributed by atoms with Crippen molar-refractivity contribution < 1.29 is 18.0 Å². The van der Waals surface area contributed by atoms with Gasteiger partial charge in [-0.1, -0.05) is 42.5 Å². The van der Waals surface area contributed by atoms with Crippen molar-refractivity contribution in [2.75, 3.05) is 5.43 Å². The van der Waals surface area contributed by atoms with Crippen LogP contribution in [0.1, 0.15) is 18.1 Å². The molecular weight excluding hydrogens is 337 g/mol. The number of hydrogen-bond donors (Lipinski definition) is 2. The third kappa shape index (κ3) is 5.19. The first kappa shape index (κ1) is 18.2. The second kappa shape index (κ2) is 8.10. The molecule has 0 aliphatic carbocycles. The van der Waals surface area contributed by atoms with E-state index in [1.807, 2.05) is 30.3 Å². The molecule has 7 heteroatoms. The maximum atomic E-state index is 12.9. The van der Waals surface area contributed by atoms with E-state index in [4.69, 9.17) is 0 Å².